The van der Waals surface area contributed by atoms with Gasteiger partial charge in [0.2, 0.25) is 0 Å². The van der Waals surface area contributed by atoms with E-state index in [1.54, 1.807) is 0 Å². The topological polar surface area (TPSA) is 0 Å². The van der Waals surface area contributed by atoms with E-state index in [-0.39, 0.29) is 16.8 Å². The first kappa shape index (κ1) is 23.3. The summed E-state index contributed by atoms with van der Waals surface area (Å²) in [6, 6.07) is 34.9. The van der Waals surface area contributed by atoms with Crippen LogP contribution in [0.5, 0.6) is 0 Å². The van der Waals surface area contributed by atoms with Gasteiger partial charge in [-0.05, 0) is 5.92 Å². The van der Waals surface area contributed by atoms with Crippen LogP contribution in [0, 0.1) is 0 Å². The fourth-order valence-corrected chi connectivity index (χ4v) is 5.35. The summed E-state index contributed by atoms with van der Waals surface area (Å²) in [5.41, 5.74) is 2.98. The molecule has 173 valence electrons. The van der Waals surface area contributed by atoms with Crippen LogP contribution in [0.1, 0.15) is 50.7 Å². The summed E-state index contributed by atoms with van der Waals surface area (Å²) >= 11 is 0. The number of hydrogen-bond donors (Lipinski definition) is 0. The number of fused-ring (bicyclic) bond motifs is 6. The largest absolute Gasteiger partial charge is 0.560 e. The number of hydrogen-bond acceptors (Lipinski definition) is 0. The Labute approximate surface area is 207 Å². The van der Waals surface area contributed by atoms with Crippen molar-refractivity contribution in [3.8, 4) is 0 Å². The normalized spacial score (nSPS) is 11.3. The quantitative estimate of drug-likeness (QED) is 0.220. The molecule has 33 heavy (non-hydrogen) atoms. The van der Waals surface area contributed by atoms with E-state index >= 15 is 0 Å². The van der Waals surface area contributed by atoms with Crippen molar-refractivity contribution >= 4 is 43.1 Å². The first-order valence-corrected chi connectivity index (χ1v) is 11.7. The van der Waals surface area contributed by atoms with E-state index < -0.39 is 0 Å². The van der Waals surface area contributed by atoms with E-state index in [1.165, 1.54) is 54.2 Å². The Hall–Kier alpha value is -2.87. The van der Waals surface area contributed by atoms with Gasteiger partial charge in [-0.2, -0.15) is 12.1 Å². The fraction of sp³-hybridized carbons (Fsp3) is 0.188. The zero-order valence-corrected chi connectivity index (χ0v) is 20.8. The molecule has 6 aromatic carbocycles. The first-order valence-electron chi connectivity index (χ1n) is 11.7. The molecule has 0 saturated heterocycles. The second-order valence-electron chi connectivity index (χ2n) is 9.32. The van der Waals surface area contributed by atoms with Gasteiger partial charge in [0.1, 0.15) is 0 Å². The maximum Gasteiger partial charge on any atom is 0 e. The van der Waals surface area contributed by atoms with Crippen molar-refractivity contribution in [2.75, 3.05) is 0 Å². The molecule has 0 fully saturated rings. The maximum atomic E-state index is 2.27. The van der Waals surface area contributed by atoms with Crippen molar-refractivity contribution in [2.24, 2.45) is 0 Å². The Kier molecular flexibility index (Phi) is 6.74. The number of benzene rings is 4. The molecule has 0 heterocycles. The summed E-state index contributed by atoms with van der Waals surface area (Å²) in [6.07, 6.45) is 0. The molecule has 0 aromatic heterocycles. The summed E-state index contributed by atoms with van der Waals surface area (Å²) in [5, 5.41) is 11.2. The smallest absolute Gasteiger partial charge is 0 e. The van der Waals surface area contributed by atoms with Gasteiger partial charge in [0.25, 0.3) is 0 Å². The average molecular weight is 474 g/mol. The summed E-state index contributed by atoms with van der Waals surface area (Å²) in [6.45, 7) is 9.09. The molecule has 1 heteroatoms. The van der Waals surface area contributed by atoms with Crippen LogP contribution in [0.25, 0.3) is 43.1 Å². The Morgan fingerprint density at radius 2 is 0.879 bits per heavy atom. The average Bonchev–Trinajstić information content (AvgIpc) is 3.33. The second kappa shape index (κ2) is 9.55. The summed E-state index contributed by atoms with van der Waals surface area (Å²) in [5.74, 6) is 1.15. The molecule has 0 aliphatic rings. The monoisotopic (exact) mass is 473 g/mol. The second-order valence-corrected chi connectivity index (χ2v) is 9.32. The van der Waals surface area contributed by atoms with Crippen LogP contribution in [-0.4, -0.2) is 0 Å². The van der Waals surface area contributed by atoms with E-state index in [0.717, 1.165) is 0 Å². The molecule has 0 atom stereocenters. The van der Waals surface area contributed by atoms with E-state index in [9.17, 15) is 0 Å². The van der Waals surface area contributed by atoms with Crippen LogP contribution in [0.2, 0.25) is 0 Å². The van der Waals surface area contributed by atoms with Crippen molar-refractivity contribution in [1.82, 2.24) is 0 Å². The first-order chi connectivity index (χ1) is 15.6. The fourth-order valence-electron chi connectivity index (χ4n) is 5.35. The zero-order valence-electron chi connectivity index (χ0n) is 19.7. The molecule has 0 bridgehead atoms. The molecule has 0 saturated carbocycles. The molecule has 0 aliphatic carbocycles. The summed E-state index contributed by atoms with van der Waals surface area (Å²) in [7, 11) is 0. The SMILES string of the molecule is CC(C)[c-]1[c-]2cccc[c-]2[c-]2cccc[c-]12.CC(C)[c-]1c2ccccc2c2ccccc21.[Co]. The van der Waals surface area contributed by atoms with Gasteiger partial charge in [-0.3, -0.25) is 0 Å². The zero-order chi connectivity index (χ0) is 22.2. The van der Waals surface area contributed by atoms with Crippen molar-refractivity contribution in [1.29, 1.82) is 0 Å². The molecular formula is C32H30Co-6. The van der Waals surface area contributed by atoms with Crippen molar-refractivity contribution < 1.29 is 16.8 Å². The third kappa shape index (κ3) is 4.01. The molecule has 0 unspecified atom stereocenters. The predicted molar refractivity (Wildman–Crippen MR) is 142 cm³/mol. The van der Waals surface area contributed by atoms with Crippen LogP contribution in [0.15, 0.2) is 97.1 Å². The van der Waals surface area contributed by atoms with Gasteiger partial charge in [-0.1, -0.05) is 64.1 Å². The van der Waals surface area contributed by atoms with Crippen LogP contribution in [0.4, 0.5) is 0 Å². The standard InChI is InChI=1S/2C16H15.Co/c2*1-11(2)16-14-9-5-3-7-12(14)13-8-4-6-10-15(13)16;/h2*3-11H,1-2H3;/q-5;-1;. The van der Waals surface area contributed by atoms with Gasteiger partial charge >= 0.3 is 0 Å². The van der Waals surface area contributed by atoms with Crippen LogP contribution in [0.3, 0.4) is 0 Å². The Balaban J connectivity index is 0.000000152. The van der Waals surface area contributed by atoms with Crippen LogP contribution < -0.4 is 0 Å². The summed E-state index contributed by atoms with van der Waals surface area (Å²) < 4.78 is 0. The summed E-state index contributed by atoms with van der Waals surface area (Å²) in [4.78, 5) is 0. The molecule has 0 aliphatic heterocycles. The third-order valence-corrected chi connectivity index (χ3v) is 6.60. The minimum Gasteiger partial charge on any atom is -0.560 e. The molecule has 6 aromatic rings. The van der Waals surface area contributed by atoms with Crippen molar-refractivity contribution in [3.63, 3.8) is 0 Å². The molecule has 0 spiro atoms. The molecule has 1 radical (unpaired) electrons. The molecule has 0 N–H and O–H groups in total. The number of rotatable bonds is 2. The van der Waals surface area contributed by atoms with E-state index in [2.05, 4.69) is 125 Å². The molecule has 0 nitrogen and oxygen atoms in total. The van der Waals surface area contributed by atoms with Gasteiger partial charge in [-0.25, -0.2) is 0 Å². The van der Waals surface area contributed by atoms with E-state index in [4.69, 9.17) is 0 Å². The Morgan fingerprint density at radius 1 is 0.485 bits per heavy atom. The minimum absolute atomic E-state index is 0. The Bertz CT molecular complexity index is 1300. The third-order valence-electron chi connectivity index (χ3n) is 6.60. The van der Waals surface area contributed by atoms with Crippen LogP contribution >= 0.6 is 0 Å². The maximum absolute atomic E-state index is 2.27. The molecular weight excluding hydrogens is 443 g/mol. The predicted octanol–water partition coefficient (Wildman–Crippen LogP) is 9.67. The van der Waals surface area contributed by atoms with Gasteiger partial charge in [0.15, 0.2) is 0 Å². The van der Waals surface area contributed by atoms with Crippen molar-refractivity contribution in [3.05, 3.63) is 108 Å². The minimum atomic E-state index is 0. The Morgan fingerprint density at radius 3 is 1.27 bits per heavy atom. The molecule has 6 rings (SSSR count). The molecule has 0 amide bonds. The van der Waals surface area contributed by atoms with Gasteiger partial charge in [0, 0.05) is 16.8 Å². The van der Waals surface area contributed by atoms with Crippen LogP contribution in [-0.2, 0) is 16.8 Å². The van der Waals surface area contributed by atoms with Gasteiger partial charge < -0.3 is 57.4 Å². The van der Waals surface area contributed by atoms with E-state index in [1.807, 2.05) is 0 Å². The van der Waals surface area contributed by atoms with Gasteiger partial charge in [0.05, 0.1) is 0 Å². The van der Waals surface area contributed by atoms with Crippen molar-refractivity contribution in [2.45, 2.75) is 39.5 Å². The van der Waals surface area contributed by atoms with E-state index in [0.29, 0.717) is 11.8 Å². The van der Waals surface area contributed by atoms with Gasteiger partial charge in [-0.15, -0.1) is 51.2 Å².